The summed E-state index contributed by atoms with van der Waals surface area (Å²) in [6.07, 6.45) is -1.13. The fraction of sp³-hybridized carbons (Fsp3) is 0.375. The summed E-state index contributed by atoms with van der Waals surface area (Å²) in [7, 11) is 0. The molecular formula is C32H38N6O5. The minimum atomic E-state index is -1.13. The van der Waals surface area contributed by atoms with Gasteiger partial charge in [0.1, 0.15) is 17.1 Å². The zero-order valence-electron chi connectivity index (χ0n) is 24.9. The van der Waals surface area contributed by atoms with Crippen molar-refractivity contribution in [3.05, 3.63) is 71.3 Å². The quantitative estimate of drug-likeness (QED) is 0.117. The lowest BCUT2D eigenvalue weighted by atomic mass is 9.93. The number of rotatable bonds is 9. The van der Waals surface area contributed by atoms with Crippen molar-refractivity contribution < 1.29 is 23.9 Å². The van der Waals surface area contributed by atoms with Gasteiger partial charge in [-0.25, -0.2) is 0 Å². The number of aromatic nitrogens is 2. The zero-order chi connectivity index (χ0) is 30.3. The molecule has 1 atom stereocenters. The van der Waals surface area contributed by atoms with E-state index in [2.05, 4.69) is 37.5 Å². The van der Waals surface area contributed by atoms with Crippen LogP contribution in [0.4, 0.5) is 11.5 Å². The summed E-state index contributed by atoms with van der Waals surface area (Å²) < 4.78 is 11.3. The molecule has 5 aromatic rings. The number of carbonyl (C=O) groups excluding carboxylic acids is 1. The standard InChI is InChI=1S/C32H38N6O5/c1-5-37-10-12-38(13-11-37)18-22-21-16-24(34-23(21)7-8-25(22)39)30(40)27-15-19-14-20(6-9-26(19)42-27)33-31(41)35-29-17-28(43-36-29)32(2,3)4/h6-9,14-17,31,33-34,39,41H,5,10-13,18H2,1-4H3,(H,35,36). The van der Waals surface area contributed by atoms with E-state index in [1.165, 1.54) is 0 Å². The fourth-order valence-electron chi connectivity index (χ4n) is 5.44. The topological polar surface area (TPSA) is 143 Å². The van der Waals surface area contributed by atoms with E-state index in [1.54, 1.807) is 48.5 Å². The number of ketones is 1. The van der Waals surface area contributed by atoms with Gasteiger partial charge in [-0.2, -0.15) is 0 Å². The molecule has 6 rings (SSSR count). The molecule has 0 spiro atoms. The third kappa shape index (κ3) is 6.10. The molecule has 5 N–H and O–H groups in total. The minimum absolute atomic E-state index is 0.191. The number of aromatic hydroxyl groups is 1. The molecule has 1 saturated heterocycles. The summed E-state index contributed by atoms with van der Waals surface area (Å²) in [4.78, 5) is 21.5. The minimum Gasteiger partial charge on any atom is -0.508 e. The van der Waals surface area contributed by atoms with Crippen LogP contribution in [0.5, 0.6) is 5.75 Å². The van der Waals surface area contributed by atoms with Crippen molar-refractivity contribution in [2.45, 2.75) is 46.0 Å². The van der Waals surface area contributed by atoms with Gasteiger partial charge in [-0.1, -0.05) is 32.9 Å². The first kappa shape index (κ1) is 28.8. The molecule has 0 amide bonds. The van der Waals surface area contributed by atoms with Crippen molar-refractivity contribution in [1.82, 2.24) is 19.9 Å². The molecule has 2 aromatic carbocycles. The highest BCUT2D eigenvalue weighted by Gasteiger charge is 2.23. The molecule has 1 aliphatic rings. The SMILES string of the molecule is CCN1CCN(Cc2c(O)ccc3[nH]c(C(=O)c4cc5cc(NC(O)Nc6cc(C(C)(C)C)on6)ccc5o4)cc23)CC1. The van der Waals surface area contributed by atoms with Crippen LogP contribution in [0.15, 0.2) is 57.5 Å². The number of nitrogens with zero attached hydrogens (tertiary/aromatic N) is 3. The summed E-state index contributed by atoms with van der Waals surface area (Å²) in [6, 6.07) is 14.0. The zero-order valence-corrected chi connectivity index (χ0v) is 24.9. The Morgan fingerprint density at radius 3 is 2.53 bits per heavy atom. The lowest BCUT2D eigenvalue weighted by molar-refractivity contribution is 0.101. The van der Waals surface area contributed by atoms with Gasteiger partial charge >= 0.3 is 0 Å². The second-order valence-electron chi connectivity index (χ2n) is 12.1. The van der Waals surface area contributed by atoms with Gasteiger partial charge in [0.15, 0.2) is 11.6 Å². The van der Waals surface area contributed by atoms with Gasteiger partial charge in [-0.05, 0) is 49.0 Å². The predicted octanol–water partition coefficient (Wildman–Crippen LogP) is 5.07. The van der Waals surface area contributed by atoms with Crippen molar-refractivity contribution in [1.29, 1.82) is 0 Å². The van der Waals surface area contributed by atoms with Crippen LogP contribution in [0.25, 0.3) is 21.9 Å². The number of benzene rings is 2. The number of furan rings is 1. The molecular weight excluding hydrogens is 548 g/mol. The Hall–Kier alpha value is -4.32. The van der Waals surface area contributed by atoms with Crippen LogP contribution in [-0.2, 0) is 12.0 Å². The van der Waals surface area contributed by atoms with Gasteiger partial charge < -0.3 is 39.7 Å². The predicted molar refractivity (Wildman–Crippen MR) is 165 cm³/mol. The molecule has 11 nitrogen and oxygen atoms in total. The van der Waals surface area contributed by atoms with Crippen LogP contribution in [0.1, 0.15) is 55.3 Å². The third-order valence-electron chi connectivity index (χ3n) is 8.01. The van der Waals surface area contributed by atoms with E-state index in [-0.39, 0.29) is 22.7 Å². The average Bonchev–Trinajstić information content (AvgIpc) is 3.72. The Morgan fingerprint density at radius 1 is 1.05 bits per heavy atom. The number of likely N-dealkylation sites (N-methyl/N-ethyl adjacent to an activating group) is 1. The lowest BCUT2D eigenvalue weighted by Gasteiger charge is -2.34. The molecule has 11 heteroatoms. The summed E-state index contributed by atoms with van der Waals surface area (Å²) in [5, 5.41) is 32.6. The van der Waals surface area contributed by atoms with Gasteiger partial charge in [0.2, 0.25) is 12.1 Å². The number of aliphatic hydroxyl groups is 1. The Balaban J connectivity index is 1.17. The first-order valence-corrected chi connectivity index (χ1v) is 14.6. The summed E-state index contributed by atoms with van der Waals surface area (Å²) >= 11 is 0. The van der Waals surface area contributed by atoms with Crippen LogP contribution in [0.3, 0.4) is 0 Å². The van der Waals surface area contributed by atoms with Crippen LogP contribution in [-0.4, -0.2) is 75.0 Å². The number of aromatic amines is 1. The van der Waals surface area contributed by atoms with E-state index < -0.39 is 6.35 Å². The molecule has 0 radical (unpaired) electrons. The normalized spacial score (nSPS) is 15.7. The van der Waals surface area contributed by atoms with Crippen molar-refractivity contribution in [2.24, 2.45) is 0 Å². The highest BCUT2D eigenvalue weighted by Crippen LogP contribution is 2.31. The smallest absolute Gasteiger partial charge is 0.244 e. The van der Waals surface area contributed by atoms with Crippen molar-refractivity contribution in [2.75, 3.05) is 43.4 Å². The second kappa shape index (κ2) is 11.4. The summed E-state index contributed by atoms with van der Waals surface area (Å²) in [5.41, 5.74) is 2.95. The Bertz CT molecular complexity index is 1760. The van der Waals surface area contributed by atoms with E-state index in [1.807, 2.05) is 20.8 Å². The number of hydrogen-bond acceptors (Lipinski definition) is 10. The van der Waals surface area contributed by atoms with Gasteiger partial charge in [0.25, 0.3) is 0 Å². The van der Waals surface area contributed by atoms with E-state index in [0.717, 1.165) is 49.2 Å². The molecule has 1 aliphatic heterocycles. The number of nitrogens with one attached hydrogen (secondary N) is 3. The van der Waals surface area contributed by atoms with Crippen LogP contribution in [0, 0.1) is 0 Å². The highest BCUT2D eigenvalue weighted by molar-refractivity contribution is 6.10. The van der Waals surface area contributed by atoms with Gasteiger partial charge in [-0.15, -0.1) is 0 Å². The second-order valence-corrected chi connectivity index (χ2v) is 12.1. The number of piperazine rings is 1. The number of carbonyl (C=O) groups is 1. The number of anilines is 2. The number of aliphatic hydroxyl groups excluding tert-OH is 1. The number of hydrogen-bond donors (Lipinski definition) is 5. The first-order chi connectivity index (χ1) is 20.6. The van der Waals surface area contributed by atoms with Gasteiger partial charge in [-0.3, -0.25) is 9.69 Å². The molecule has 4 heterocycles. The fourth-order valence-corrected chi connectivity index (χ4v) is 5.44. The van der Waals surface area contributed by atoms with Crippen LogP contribution in [0.2, 0.25) is 0 Å². The molecule has 0 aliphatic carbocycles. The molecule has 1 fully saturated rings. The Morgan fingerprint density at radius 2 is 1.81 bits per heavy atom. The molecule has 43 heavy (non-hydrogen) atoms. The largest absolute Gasteiger partial charge is 0.508 e. The van der Waals surface area contributed by atoms with E-state index in [9.17, 15) is 15.0 Å². The Labute approximate surface area is 249 Å². The monoisotopic (exact) mass is 586 g/mol. The number of phenolic OH excluding ortho intramolecular Hbond substituents is 1. The molecule has 1 unspecified atom stereocenters. The third-order valence-corrected chi connectivity index (χ3v) is 8.01. The van der Waals surface area contributed by atoms with Gasteiger partial charge in [0.05, 0.1) is 5.69 Å². The van der Waals surface area contributed by atoms with E-state index in [0.29, 0.717) is 40.5 Å². The summed E-state index contributed by atoms with van der Waals surface area (Å²) in [6.45, 7) is 13.7. The maximum absolute atomic E-state index is 13.5. The van der Waals surface area contributed by atoms with Crippen molar-refractivity contribution in [3.63, 3.8) is 0 Å². The molecule has 0 saturated carbocycles. The Kier molecular flexibility index (Phi) is 7.63. The van der Waals surface area contributed by atoms with E-state index >= 15 is 0 Å². The maximum atomic E-state index is 13.5. The van der Waals surface area contributed by atoms with Crippen molar-refractivity contribution >= 4 is 39.2 Å². The first-order valence-electron chi connectivity index (χ1n) is 14.6. The number of fused-ring (bicyclic) bond motifs is 2. The van der Waals surface area contributed by atoms with Crippen LogP contribution < -0.4 is 10.6 Å². The number of H-pyrrole nitrogens is 1. The van der Waals surface area contributed by atoms with E-state index in [4.69, 9.17) is 8.94 Å². The molecule has 0 bridgehead atoms. The van der Waals surface area contributed by atoms with Crippen LogP contribution >= 0.6 is 0 Å². The molecule has 3 aromatic heterocycles. The lowest BCUT2D eigenvalue weighted by Crippen LogP contribution is -2.45. The average molecular weight is 587 g/mol. The van der Waals surface area contributed by atoms with Crippen molar-refractivity contribution in [3.8, 4) is 5.75 Å². The summed E-state index contributed by atoms with van der Waals surface area (Å²) in [5.74, 6) is 1.24. The van der Waals surface area contributed by atoms with Gasteiger partial charge in [0, 0.05) is 71.7 Å². The number of phenols is 1. The molecule has 226 valence electrons. The maximum Gasteiger partial charge on any atom is 0.244 e. The highest BCUT2D eigenvalue weighted by atomic mass is 16.5.